The van der Waals surface area contributed by atoms with E-state index >= 15 is 0 Å². The summed E-state index contributed by atoms with van der Waals surface area (Å²) in [6.07, 6.45) is 3.38. The molecule has 0 bridgehead atoms. The van der Waals surface area contributed by atoms with Crippen LogP contribution in [0.2, 0.25) is 0 Å². The van der Waals surface area contributed by atoms with Gasteiger partial charge in [0.15, 0.2) is 0 Å². The second-order valence-electron chi connectivity index (χ2n) is 4.53. The molecule has 2 heterocycles. The Hall–Kier alpha value is -2.56. The molecule has 0 aliphatic rings. The van der Waals surface area contributed by atoms with Gasteiger partial charge in [-0.15, -0.1) is 0 Å². The maximum Gasteiger partial charge on any atom is 0.126 e. The Balaban J connectivity index is 1.75. The fourth-order valence-corrected chi connectivity index (χ4v) is 1.95. The number of aromatic amines is 1. The predicted molar refractivity (Wildman–Crippen MR) is 76.8 cm³/mol. The summed E-state index contributed by atoms with van der Waals surface area (Å²) in [5.74, 6) is 0.830. The molecule has 0 aliphatic carbocycles. The van der Waals surface area contributed by atoms with E-state index in [1.54, 1.807) is 12.5 Å². The van der Waals surface area contributed by atoms with E-state index in [4.69, 9.17) is 5.73 Å². The third-order valence-electron chi connectivity index (χ3n) is 3.11. The van der Waals surface area contributed by atoms with Gasteiger partial charge in [0.25, 0.3) is 0 Å². The zero-order chi connectivity index (χ0) is 13.2. The lowest BCUT2D eigenvalue weighted by Crippen LogP contribution is -2.02. The monoisotopic (exact) mass is 253 g/mol. The molecule has 5 heteroatoms. The summed E-state index contributed by atoms with van der Waals surface area (Å²) in [5, 5.41) is 3.28. The van der Waals surface area contributed by atoms with Gasteiger partial charge in [-0.3, -0.25) is 0 Å². The van der Waals surface area contributed by atoms with Crippen LogP contribution in [0.15, 0.2) is 36.8 Å². The molecule has 1 aromatic carbocycles. The summed E-state index contributed by atoms with van der Waals surface area (Å²) >= 11 is 0. The zero-order valence-electron chi connectivity index (χ0n) is 10.6. The minimum Gasteiger partial charge on any atom is -0.397 e. The number of hydrogen-bond donors (Lipinski definition) is 3. The molecule has 4 N–H and O–H groups in total. The van der Waals surface area contributed by atoms with Crippen molar-refractivity contribution >= 4 is 22.5 Å². The number of rotatable bonds is 3. The van der Waals surface area contributed by atoms with E-state index in [1.807, 2.05) is 19.1 Å². The maximum absolute atomic E-state index is 5.75. The number of hydrogen-bond acceptors (Lipinski definition) is 4. The van der Waals surface area contributed by atoms with E-state index in [1.165, 1.54) is 5.56 Å². The van der Waals surface area contributed by atoms with Gasteiger partial charge in [-0.1, -0.05) is 6.07 Å². The highest BCUT2D eigenvalue weighted by Gasteiger charge is 2.01. The van der Waals surface area contributed by atoms with Gasteiger partial charge in [-0.2, -0.15) is 0 Å². The highest BCUT2D eigenvalue weighted by atomic mass is 15.0. The Morgan fingerprint density at radius 2 is 2.16 bits per heavy atom. The molecule has 5 nitrogen and oxygen atoms in total. The summed E-state index contributed by atoms with van der Waals surface area (Å²) in [5.41, 5.74) is 10.7. The lowest BCUT2D eigenvalue weighted by Gasteiger charge is -2.07. The van der Waals surface area contributed by atoms with Crippen LogP contribution in [0.4, 0.5) is 11.5 Å². The summed E-state index contributed by atoms with van der Waals surface area (Å²) in [6, 6.07) is 8.09. The summed E-state index contributed by atoms with van der Waals surface area (Å²) in [6.45, 7) is 2.68. The normalized spacial score (nSPS) is 10.8. The lowest BCUT2D eigenvalue weighted by molar-refractivity contribution is 1.11. The van der Waals surface area contributed by atoms with E-state index in [0.29, 0.717) is 12.2 Å². The van der Waals surface area contributed by atoms with Crippen LogP contribution < -0.4 is 11.1 Å². The lowest BCUT2D eigenvalue weighted by atomic mass is 10.2. The molecule has 0 saturated carbocycles. The molecule has 2 aromatic heterocycles. The Morgan fingerprint density at radius 1 is 1.26 bits per heavy atom. The maximum atomic E-state index is 5.75. The Morgan fingerprint density at radius 3 is 3.00 bits per heavy atom. The zero-order valence-corrected chi connectivity index (χ0v) is 10.6. The van der Waals surface area contributed by atoms with E-state index in [0.717, 1.165) is 22.4 Å². The van der Waals surface area contributed by atoms with Gasteiger partial charge < -0.3 is 16.0 Å². The van der Waals surface area contributed by atoms with Gasteiger partial charge >= 0.3 is 0 Å². The fourth-order valence-electron chi connectivity index (χ4n) is 1.95. The average molecular weight is 253 g/mol. The van der Waals surface area contributed by atoms with E-state index in [2.05, 4.69) is 32.4 Å². The van der Waals surface area contributed by atoms with Crippen molar-refractivity contribution in [1.29, 1.82) is 0 Å². The van der Waals surface area contributed by atoms with Crippen molar-refractivity contribution in [3.63, 3.8) is 0 Å². The number of nitrogens with zero attached hydrogens (tertiary/aromatic N) is 2. The smallest absolute Gasteiger partial charge is 0.126 e. The molecule has 0 amide bonds. The number of nitrogens with one attached hydrogen (secondary N) is 2. The number of benzene rings is 1. The number of fused-ring (bicyclic) bond motifs is 1. The van der Waals surface area contributed by atoms with Crippen LogP contribution in [0.1, 0.15) is 11.1 Å². The van der Waals surface area contributed by atoms with Crippen molar-refractivity contribution < 1.29 is 0 Å². The molecule has 0 atom stereocenters. The van der Waals surface area contributed by atoms with Crippen molar-refractivity contribution in [2.75, 3.05) is 11.1 Å². The number of pyridine rings is 1. The van der Waals surface area contributed by atoms with Crippen molar-refractivity contribution in [1.82, 2.24) is 15.0 Å². The number of aromatic nitrogens is 3. The van der Waals surface area contributed by atoms with Gasteiger partial charge in [-0.05, 0) is 36.2 Å². The number of anilines is 2. The molecule has 0 saturated heterocycles. The van der Waals surface area contributed by atoms with E-state index in [-0.39, 0.29) is 0 Å². The SMILES string of the molecule is Cc1cc(NCc2ccc3nc[nH]c3c2)ncc1N. The molecule has 3 aromatic rings. The van der Waals surface area contributed by atoms with E-state index in [9.17, 15) is 0 Å². The molecule has 0 radical (unpaired) electrons. The van der Waals surface area contributed by atoms with Crippen LogP contribution in [0.5, 0.6) is 0 Å². The van der Waals surface area contributed by atoms with Crippen LogP contribution in [0.25, 0.3) is 11.0 Å². The number of nitrogens with two attached hydrogens (primary N) is 1. The summed E-state index contributed by atoms with van der Waals surface area (Å²) in [7, 11) is 0. The van der Waals surface area contributed by atoms with Crippen molar-refractivity contribution in [2.24, 2.45) is 0 Å². The molecular formula is C14H15N5. The topological polar surface area (TPSA) is 79.6 Å². The molecule has 0 spiro atoms. The van der Waals surface area contributed by atoms with Crippen molar-refractivity contribution in [3.8, 4) is 0 Å². The summed E-state index contributed by atoms with van der Waals surface area (Å²) < 4.78 is 0. The van der Waals surface area contributed by atoms with Crippen molar-refractivity contribution in [3.05, 3.63) is 47.9 Å². The molecule has 96 valence electrons. The van der Waals surface area contributed by atoms with Crippen LogP contribution in [-0.2, 0) is 6.54 Å². The highest BCUT2D eigenvalue weighted by Crippen LogP contribution is 2.15. The van der Waals surface area contributed by atoms with Crippen LogP contribution in [0.3, 0.4) is 0 Å². The first kappa shape index (κ1) is 11.5. The number of aryl methyl sites for hydroxylation is 1. The molecular weight excluding hydrogens is 238 g/mol. The standard InChI is InChI=1S/C14H15N5/c1-9-4-14(17-7-11(9)15)16-6-10-2-3-12-13(5-10)19-8-18-12/h2-5,7-8H,6,15H2,1H3,(H,16,17)(H,18,19). The highest BCUT2D eigenvalue weighted by molar-refractivity contribution is 5.75. The molecule has 3 rings (SSSR count). The third kappa shape index (κ3) is 2.35. The quantitative estimate of drug-likeness (QED) is 0.670. The second kappa shape index (κ2) is 4.61. The molecule has 0 unspecified atom stereocenters. The largest absolute Gasteiger partial charge is 0.397 e. The number of imidazole rings is 1. The van der Waals surface area contributed by atoms with E-state index < -0.39 is 0 Å². The third-order valence-corrected chi connectivity index (χ3v) is 3.11. The van der Waals surface area contributed by atoms with Gasteiger partial charge in [-0.25, -0.2) is 9.97 Å². The first-order valence-corrected chi connectivity index (χ1v) is 6.10. The fraction of sp³-hybridized carbons (Fsp3) is 0.143. The van der Waals surface area contributed by atoms with Gasteiger partial charge in [0, 0.05) is 6.54 Å². The Labute approximate surface area is 110 Å². The van der Waals surface area contributed by atoms with Crippen LogP contribution in [-0.4, -0.2) is 15.0 Å². The van der Waals surface area contributed by atoms with Gasteiger partial charge in [0.2, 0.25) is 0 Å². The molecule has 19 heavy (non-hydrogen) atoms. The van der Waals surface area contributed by atoms with Crippen molar-refractivity contribution in [2.45, 2.75) is 13.5 Å². The minimum atomic E-state index is 0.712. The Bertz CT molecular complexity index is 717. The van der Waals surface area contributed by atoms with Crippen LogP contribution in [0, 0.1) is 6.92 Å². The number of nitrogen functional groups attached to an aromatic ring is 1. The molecule has 0 fully saturated rings. The Kier molecular flexibility index (Phi) is 2.79. The van der Waals surface area contributed by atoms with Gasteiger partial charge in [0.1, 0.15) is 5.82 Å². The predicted octanol–water partition coefficient (Wildman–Crippen LogP) is 2.46. The number of H-pyrrole nitrogens is 1. The minimum absolute atomic E-state index is 0.712. The first-order valence-electron chi connectivity index (χ1n) is 6.10. The van der Waals surface area contributed by atoms with Gasteiger partial charge in [0.05, 0.1) is 29.2 Å². The second-order valence-corrected chi connectivity index (χ2v) is 4.53. The average Bonchev–Trinajstić information content (AvgIpc) is 2.87. The molecule has 0 aliphatic heterocycles. The first-order chi connectivity index (χ1) is 9.22. The van der Waals surface area contributed by atoms with Crippen LogP contribution >= 0.6 is 0 Å². The summed E-state index contributed by atoms with van der Waals surface area (Å²) in [4.78, 5) is 11.6.